The van der Waals surface area contributed by atoms with Gasteiger partial charge in [-0.25, -0.2) is 0 Å². The summed E-state index contributed by atoms with van der Waals surface area (Å²) in [6.45, 7) is 3.70. The number of phenolic OH excluding ortho intramolecular Hbond substituents is 1. The fourth-order valence-electron chi connectivity index (χ4n) is 4.86. The quantitative estimate of drug-likeness (QED) is 0.866. The monoisotopic (exact) mass is 330 g/mol. The Labute approximate surface area is 142 Å². The highest BCUT2D eigenvalue weighted by atomic mass is 16.3. The van der Waals surface area contributed by atoms with Crippen LogP contribution in [0, 0.1) is 11.8 Å². The zero-order chi connectivity index (χ0) is 16.7. The Kier molecular flexibility index (Phi) is 4.22. The summed E-state index contributed by atoms with van der Waals surface area (Å²) in [4.78, 5) is 17.1. The number of likely N-dealkylation sites (tertiary alicyclic amines) is 2. The summed E-state index contributed by atoms with van der Waals surface area (Å²) >= 11 is 0. The molecule has 2 aliphatic heterocycles. The second-order valence-electron chi connectivity index (χ2n) is 7.63. The average molecular weight is 330 g/mol. The van der Waals surface area contributed by atoms with Crippen molar-refractivity contribution in [2.45, 2.75) is 37.8 Å². The molecule has 24 heavy (non-hydrogen) atoms. The molecule has 0 aromatic heterocycles. The third-order valence-electron chi connectivity index (χ3n) is 6.10. The molecule has 4 rings (SSSR count). The molecule has 4 atom stereocenters. The average Bonchev–Trinajstić information content (AvgIpc) is 3.22. The number of rotatable bonds is 2. The predicted octanol–water partition coefficient (Wildman–Crippen LogP) is 1.70. The molecule has 5 nitrogen and oxygen atoms in total. The molecule has 1 aliphatic carbocycles. The molecule has 1 amide bonds. The number of aliphatic hydroxyl groups excluding tert-OH is 1. The number of carbonyl (C=O) groups is 1. The van der Waals surface area contributed by atoms with E-state index in [0.29, 0.717) is 17.4 Å². The second kappa shape index (κ2) is 6.37. The number of amides is 1. The molecule has 2 saturated heterocycles. The van der Waals surface area contributed by atoms with Crippen molar-refractivity contribution in [1.82, 2.24) is 9.80 Å². The molecule has 5 heteroatoms. The maximum atomic E-state index is 12.7. The van der Waals surface area contributed by atoms with Gasteiger partial charge in [-0.2, -0.15) is 0 Å². The Morgan fingerprint density at radius 1 is 1.08 bits per heavy atom. The SMILES string of the molecule is O=C(c1cccc(O)c1)N1C[C@H]2C[C@@H](N3CCCC3)[C@H](O)C[C@H]2C1. The highest BCUT2D eigenvalue weighted by Crippen LogP contribution is 2.39. The minimum Gasteiger partial charge on any atom is -0.508 e. The highest BCUT2D eigenvalue weighted by molar-refractivity contribution is 5.94. The van der Waals surface area contributed by atoms with Crippen molar-refractivity contribution in [2.75, 3.05) is 26.2 Å². The Balaban J connectivity index is 1.44. The van der Waals surface area contributed by atoms with E-state index in [1.165, 1.54) is 18.9 Å². The van der Waals surface area contributed by atoms with Crippen molar-refractivity contribution >= 4 is 5.91 Å². The molecule has 1 aromatic carbocycles. The van der Waals surface area contributed by atoms with Gasteiger partial charge in [0.15, 0.2) is 0 Å². The van der Waals surface area contributed by atoms with Crippen LogP contribution in [-0.2, 0) is 0 Å². The van der Waals surface area contributed by atoms with E-state index in [0.717, 1.165) is 39.0 Å². The number of phenols is 1. The third kappa shape index (κ3) is 2.91. The summed E-state index contributed by atoms with van der Waals surface area (Å²) in [6.07, 6.45) is 4.00. The standard InChI is InChI=1S/C19H26N2O3/c22-16-5-3-4-13(8-16)19(24)21-11-14-9-17(20-6-1-2-7-20)18(23)10-15(14)12-21/h3-5,8,14-15,17-18,22-23H,1-2,6-7,9-12H2/t14-,15+,17-,18-/m1/s1. The molecule has 0 radical (unpaired) electrons. The first-order chi connectivity index (χ1) is 11.6. The van der Waals surface area contributed by atoms with Crippen molar-refractivity contribution in [3.05, 3.63) is 29.8 Å². The topological polar surface area (TPSA) is 64.0 Å². The Hall–Kier alpha value is -1.59. The lowest BCUT2D eigenvalue weighted by Crippen LogP contribution is -2.48. The smallest absolute Gasteiger partial charge is 0.254 e. The molecule has 2 heterocycles. The molecular weight excluding hydrogens is 304 g/mol. The first kappa shape index (κ1) is 15.9. The van der Waals surface area contributed by atoms with Crippen molar-refractivity contribution in [3.63, 3.8) is 0 Å². The number of fused-ring (bicyclic) bond motifs is 1. The minimum atomic E-state index is -0.264. The molecule has 130 valence electrons. The van der Waals surface area contributed by atoms with Crippen molar-refractivity contribution < 1.29 is 15.0 Å². The van der Waals surface area contributed by atoms with Gasteiger partial charge in [0.25, 0.3) is 5.91 Å². The van der Waals surface area contributed by atoms with Crippen molar-refractivity contribution in [2.24, 2.45) is 11.8 Å². The molecule has 0 bridgehead atoms. The number of benzene rings is 1. The van der Waals surface area contributed by atoms with Gasteiger partial charge >= 0.3 is 0 Å². The maximum absolute atomic E-state index is 12.7. The number of aliphatic hydroxyl groups is 1. The van der Waals surface area contributed by atoms with Crippen molar-refractivity contribution in [3.8, 4) is 5.75 Å². The minimum absolute atomic E-state index is 0.00693. The fourth-order valence-corrected chi connectivity index (χ4v) is 4.86. The van der Waals surface area contributed by atoms with Crippen LogP contribution in [0.1, 0.15) is 36.0 Å². The largest absolute Gasteiger partial charge is 0.508 e. The van der Waals surface area contributed by atoms with E-state index in [-0.39, 0.29) is 23.8 Å². The van der Waals surface area contributed by atoms with Gasteiger partial charge in [-0.3, -0.25) is 9.69 Å². The van der Waals surface area contributed by atoms with Crippen LogP contribution in [0.2, 0.25) is 0 Å². The van der Waals surface area contributed by atoms with Crippen LogP contribution < -0.4 is 0 Å². The van der Waals surface area contributed by atoms with Crippen LogP contribution in [0.25, 0.3) is 0 Å². The number of hydrogen-bond donors (Lipinski definition) is 2. The van der Waals surface area contributed by atoms with Gasteiger partial charge in [0.2, 0.25) is 0 Å². The van der Waals surface area contributed by atoms with E-state index in [1.807, 2.05) is 4.90 Å². The molecule has 3 fully saturated rings. The molecule has 2 N–H and O–H groups in total. The third-order valence-corrected chi connectivity index (χ3v) is 6.10. The zero-order valence-corrected chi connectivity index (χ0v) is 14.0. The first-order valence-corrected chi connectivity index (χ1v) is 9.12. The first-order valence-electron chi connectivity index (χ1n) is 9.12. The van der Waals surface area contributed by atoms with Crippen LogP contribution in [0.5, 0.6) is 5.75 Å². The molecule has 0 spiro atoms. The lowest BCUT2D eigenvalue weighted by molar-refractivity contribution is -0.000864. The second-order valence-corrected chi connectivity index (χ2v) is 7.63. The van der Waals surface area contributed by atoms with E-state index in [4.69, 9.17) is 0 Å². The number of nitrogens with zero attached hydrogens (tertiary/aromatic N) is 2. The Bertz CT molecular complexity index is 614. The summed E-state index contributed by atoms with van der Waals surface area (Å²) in [6, 6.07) is 6.85. The maximum Gasteiger partial charge on any atom is 0.254 e. The van der Waals surface area contributed by atoms with E-state index in [9.17, 15) is 15.0 Å². The van der Waals surface area contributed by atoms with Gasteiger partial charge in [0.05, 0.1) is 6.10 Å². The van der Waals surface area contributed by atoms with Crippen LogP contribution in [-0.4, -0.2) is 64.2 Å². The molecule has 1 aromatic rings. The zero-order valence-electron chi connectivity index (χ0n) is 14.0. The van der Waals surface area contributed by atoms with E-state index in [2.05, 4.69) is 4.90 Å². The number of hydrogen-bond acceptors (Lipinski definition) is 4. The number of aromatic hydroxyl groups is 1. The lowest BCUT2D eigenvalue weighted by Gasteiger charge is -2.40. The van der Waals surface area contributed by atoms with Gasteiger partial charge < -0.3 is 15.1 Å². The summed E-state index contributed by atoms with van der Waals surface area (Å²) in [7, 11) is 0. The predicted molar refractivity (Wildman–Crippen MR) is 90.8 cm³/mol. The van der Waals surface area contributed by atoms with Gasteiger partial charge in [0.1, 0.15) is 5.75 Å². The summed E-state index contributed by atoms with van der Waals surface area (Å²) < 4.78 is 0. The molecule has 1 saturated carbocycles. The van der Waals surface area contributed by atoms with Crippen LogP contribution >= 0.6 is 0 Å². The van der Waals surface area contributed by atoms with Gasteiger partial charge in [-0.05, 0) is 68.8 Å². The van der Waals surface area contributed by atoms with Crippen LogP contribution in [0.3, 0.4) is 0 Å². The Morgan fingerprint density at radius 3 is 2.50 bits per heavy atom. The van der Waals surface area contributed by atoms with Crippen molar-refractivity contribution in [1.29, 1.82) is 0 Å². The van der Waals surface area contributed by atoms with Gasteiger partial charge in [0, 0.05) is 24.7 Å². The molecule has 3 aliphatic rings. The van der Waals surface area contributed by atoms with E-state index in [1.54, 1.807) is 18.2 Å². The van der Waals surface area contributed by atoms with E-state index >= 15 is 0 Å². The molecule has 0 unspecified atom stereocenters. The summed E-state index contributed by atoms with van der Waals surface area (Å²) in [5.74, 6) is 1.01. The Morgan fingerprint density at radius 2 is 1.79 bits per heavy atom. The normalized spacial score (nSPS) is 33.6. The lowest BCUT2D eigenvalue weighted by atomic mass is 9.77. The fraction of sp³-hybridized carbons (Fsp3) is 0.632. The van der Waals surface area contributed by atoms with Gasteiger partial charge in [-0.15, -0.1) is 0 Å². The van der Waals surface area contributed by atoms with E-state index < -0.39 is 0 Å². The summed E-state index contributed by atoms with van der Waals surface area (Å²) in [5.41, 5.74) is 0.547. The molecular formula is C19H26N2O3. The highest BCUT2D eigenvalue weighted by Gasteiger charge is 2.44. The van der Waals surface area contributed by atoms with Crippen LogP contribution in [0.4, 0.5) is 0 Å². The van der Waals surface area contributed by atoms with Crippen LogP contribution in [0.15, 0.2) is 24.3 Å². The number of carbonyl (C=O) groups excluding carboxylic acids is 1. The summed E-state index contributed by atoms with van der Waals surface area (Å²) in [5, 5.41) is 20.2. The van der Waals surface area contributed by atoms with Gasteiger partial charge in [-0.1, -0.05) is 6.07 Å².